The Hall–Kier alpha value is -4.10. The van der Waals surface area contributed by atoms with Gasteiger partial charge >= 0.3 is 0 Å². The molecule has 0 aliphatic rings. The van der Waals surface area contributed by atoms with Crippen molar-refractivity contribution in [2.24, 2.45) is 0 Å². The van der Waals surface area contributed by atoms with Crippen molar-refractivity contribution in [3.63, 3.8) is 0 Å². The summed E-state index contributed by atoms with van der Waals surface area (Å²) in [5, 5.41) is 2.89. The van der Waals surface area contributed by atoms with Gasteiger partial charge in [0.2, 0.25) is 5.89 Å². The number of aromatic nitrogens is 1. The van der Waals surface area contributed by atoms with Crippen molar-refractivity contribution in [3.8, 4) is 11.5 Å². The van der Waals surface area contributed by atoms with Crippen LogP contribution in [0.4, 0.5) is 0 Å². The van der Waals surface area contributed by atoms with E-state index < -0.39 is 0 Å². The Kier molecular flexibility index (Phi) is 8.36. The second kappa shape index (κ2) is 12.0. The zero-order chi connectivity index (χ0) is 25.3. The Balaban J connectivity index is 1.53. The van der Waals surface area contributed by atoms with E-state index in [4.69, 9.17) is 13.9 Å². The van der Waals surface area contributed by atoms with E-state index in [0.717, 1.165) is 28.2 Å². The molecular formula is C29H31N3O4. The zero-order valence-corrected chi connectivity index (χ0v) is 20.8. The number of benzene rings is 3. The first-order valence-corrected chi connectivity index (χ1v) is 11.8. The summed E-state index contributed by atoms with van der Waals surface area (Å²) in [6, 6.07) is 25.8. The highest BCUT2D eigenvalue weighted by Gasteiger charge is 2.22. The molecule has 1 N–H and O–H groups in total. The highest BCUT2D eigenvalue weighted by molar-refractivity contribution is 5.91. The van der Waals surface area contributed by atoms with Crippen molar-refractivity contribution in [2.45, 2.75) is 32.6 Å². The van der Waals surface area contributed by atoms with Gasteiger partial charge in [-0.2, -0.15) is 0 Å². The van der Waals surface area contributed by atoms with Crippen LogP contribution in [0.1, 0.15) is 46.0 Å². The first kappa shape index (κ1) is 25.0. The Morgan fingerprint density at radius 3 is 2.39 bits per heavy atom. The van der Waals surface area contributed by atoms with Gasteiger partial charge in [-0.25, -0.2) is 4.98 Å². The van der Waals surface area contributed by atoms with Gasteiger partial charge in [-0.1, -0.05) is 60.7 Å². The quantitative estimate of drug-likeness (QED) is 0.307. The second-order valence-electron chi connectivity index (χ2n) is 8.46. The van der Waals surface area contributed by atoms with Crippen LogP contribution in [0.5, 0.6) is 11.5 Å². The Morgan fingerprint density at radius 2 is 1.69 bits per heavy atom. The summed E-state index contributed by atoms with van der Waals surface area (Å²) in [7, 11) is 3.30. The topological polar surface area (TPSA) is 76.8 Å². The van der Waals surface area contributed by atoms with E-state index in [2.05, 4.69) is 34.3 Å². The van der Waals surface area contributed by atoms with E-state index in [0.29, 0.717) is 25.5 Å². The average Bonchev–Trinajstić information content (AvgIpc) is 3.40. The maximum atomic E-state index is 12.6. The van der Waals surface area contributed by atoms with Crippen molar-refractivity contribution in [1.82, 2.24) is 15.2 Å². The Labute approximate surface area is 211 Å². The number of methoxy groups -OCH3 is 2. The normalized spacial score (nSPS) is 11.8. The molecule has 0 fully saturated rings. The number of hydrogen-bond donors (Lipinski definition) is 1. The maximum Gasteiger partial charge on any atom is 0.273 e. The molecule has 7 heteroatoms. The van der Waals surface area contributed by atoms with Gasteiger partial charge in [-0.3, -0.25) is 9.69 Å². The minimum atomic E-state index is -0.272. The molecular weight excluding hydrogens is 454 g/mol. The molecule has 4 aromatic rings. The van der Waals surface area contributed by atoms with Crippen LogP contribution in [0.3, 0.4) is 0 Å². The van der Waals surface area contributed by atoms with Crippen LogP contribution in [-0.2, 0) is 19.6 Å². The third-order valence-corrected chi connectivity index (χ3v) is 6.11. The van der Waals surface area contributed by atoms with Gasteiger partial charge in [-0.15, -0.1) is 0 Å². The largest absolute Gasteiger partial charge is 0.497 e. The molecule has 0 aliphatic heterocycles. The van der Waals surface area contributed by atoms with Crippen LogP contribution < -0.4 is 14.8 Å². The summed E-state index contributed by atoms with van der Waals surface area (Å²) in [4.78, 5) is 19.3. The lowest BCUT2D eigenvalue weighted by atomic mass is 10.1. The van der Waals surface area contributed by atoms with Crippen molar-refractivity contribution < 1.29 is 18.7 Å². The van der Waals surface area contributed by atoms with Gasteiger partial charge in [-0.05, 0) is 36.2 Å². The van der Waals surface area contributed by atoms with E-state index in [1.807, 2.05) is 66.7 Å². The van der Waals surface area contributed by atoms with E-state index in [-0.39, 0.29) is 17.6 Å². The van der Waals surface area contributed by atoms with E-state index >= 15 is 0 Å². The van der Waals surface area contributed by atoms with Crippen LogP contribution in [-0.4, -0.2) is 30.0 Å². The monoisotopic (exact) mass is 485 g/mol. The standard InChI is InChI=1S/C29H31N3O4/c1-21(23-12-8-5-9-13-23)32(18-24-16-25(34-2)14-15-27(24)35-3)19-28-31-26(20-36-28)29(33)30-17-22-10-6-4-7-11-22/h4-16,20-21H,17-19H2,1-3H3,(H,30,33). The number of nitrogens with zero attached hydrogens (tertiary/aromatic N) is 2. The fourth-order valence-electron chi connectivity index (χ4n) is 4.03. The number of ether oxygens (including phenoxy) is 2. The summed E-state index contributed by atoms with van der Waals surface area (Å²) >= 11 is 0. The predicted octanol–water partition coefficient (Wildman–Crippen LogP) is 5.39. The van der Waals surface area contributed by atoms with Crippen LogP contribution in [0.15, 0.2) is 89.5 Å². The van der Waals surface area contributed by atoms with Crippen molar-refractivity contribution in [3.05, 3.63) is 113 Å². The molecule has 0 radical (unpaired) electrons. The van der Waals surface area contributed by atoms with Crippen molar-refractivity contribution in [1.29, 1.82) is 0 Å². The number of carbonyl (C=O) groups excluding carboxylic acids is 1. The number of amides is 1. The predicted molar refractivity (Wildman–Crippen MR) is 138 cm³/mol. The lowest BCUT2D eigenvalue weighted by Gasteiger charge is -2.29. The molecule has 4 rings (SSSR count). The summed E-state index contributed by atoms with van der Waals surface area (Å²) in [5.41, 5.74) is 3.41. The van der Waals surface area contributed by atoms with Gasteiger partial charge in [0.1, 0.15) is 17.8 Å². The molecule has 0 aliphatic carbocycles. The Bertz CT molecular complexity index is 1260. The smallest absolute Gasteiger partial charge is 0.273 e. The second-order valence-corrected chi connectivity index (χ2v) is 8.46. The summed E-state index contributed by atoms with van der Waals surface area (Å²) in [6.07, 6.45) is 1.41. The highest BCUT2D eigenvalue weighted by Crippen LogP contribution is 2.30. The van der Waals surface area contributed by atoms with Gasteiger partial charge in [0.05, 0.1) is 20.8 Å². The van der Waals surface area contributed by atoms with E-state index in [1.165, 1.54) is 6.26 Å². The SMILES string of the molecule is COc1ccc(OC)c(CN(Cc2nc(C(=O)NCc3ccccc3)co2)C(C)c2ccccc2)c1. The minimum absolute atomic E-state index is 0.0457. The molecule has 0 saturated carbocycles. The number of carbonyl (C=O) groups is 1. The first-order valence-electron chi connectivity index (χ1n) is 11.8. The molecule has 1 amide bonds. The number of nitrogens with one attached hydrogen (secondary N) is 1. The van der Waals surface area contributed by atoms with Gasteiger partial charge in [0.15, 0.2) is 5.69 Å². The lowest BCUT2D eigenvalue weighted by molar-refractivity contribution is 0.0945. The molecule has 0 bridgehead atoms. The van der Waals surface area contributed by atoms with Crippen molar-refractivity contribution >= 4 is 5.91 Å². The minimum Gasteiger partial charge on any atom is -0.497 e. The lowest BCUT2D eigenvalue weighted by Crippen LogP contribution is -2.27. The molecule has 186 valence electrons. The average molecular weight is 486 g/mol. The third kappa shape index (κ3) is 6.31. The van der Waals surface area contributed by atoms with Gasteiger partial charge in [0, 0.05) is 24.7 Å². The van der Waals surface area contributed by atoms with E-state index in [9.17, 15) is 4.79 Å². The first-order chi connectivity index (χ1) is 17.6. The maximum absolute atomic E-state index is 12.6. The highest BCUT2D eigenvalue weighted by atomic mass is 16.5. The molecule has 0 spiro atoms. The van der Waals surface area contributed by atoms with Crippen LogP contribution in [0.2, 0.25) is 0 Å². The summed E-state index contributed by atoms with van der Waals surface area (Å²) < 4.78 is 16.8. The van der Waals surface area contributed by atoms with Crippen LogP contribution in [0.25, 0.3) is 0 Å². The third-order valence-electron chi connectivity index (χ3n) is 6.11. The molecule has 0 saturated heterocycles. The van der Waals surface area contributed by atoms with Gasteiger partial charge < -0.3 is 19.2 Å². The van der Waals surface area contributed by atoms with E-state index in [1.54, 1.807) is 14.2 Å². The van der Waals surface area contributed by atoms with Crippen LogP contribution >= 0.6 is 0 Å². The van der Waals surface area contributed by atoms with Crippen LogP contribution in [0, 0.1) is 0 Å². The zero-order valence-electron chi connectivity index (χ0n) is 20.8. The Morgan fingerprint density at radius 1 is 0.972 bits per heavy atom. The fraction of sp³-hybridized carbons (Fsp3) is 0.241. The molecule has 1 aromatic heterocycles. The molecule has 1 heterocycles. The summed E-state index contributed by atoms with van der Waals surface area (Å²) in [6.45, 7) is 3.53. The number of hydrogen-bond acceptors (Lipinski definition) is 6. The molecule has 7 nitrogen and oxygen atoms in total. The summed E-state index contributed by atoms with van der Waals surface area (Å²) in [5.74, 6) is 1.72. The molecule has 1 unspecified atom stereocenters. The number of rotatable bonds is 11. The molecule has 36 heavy (non-hydrogen) atoms. The van der Waals surface area contributed by atoms with Gasteiger partial charge in [0.25, 0.3) is 5.91 Å². The molecule has 1 atom stereocenters. The van der Waals surface area contributed by atoms with Crippen molar-refractivity contribution in [2.75, 3.05) is 14.2 Å². The number of oxazole rings is 1. The molecule has 3 aromatic carbocycles. The fourth-order valence-corrected chi connectivity index (χ4v) is 4.03.